The lowest BCUT2D eigenvalue weighted by atomic mass is 9.97. The van der Waals surface area contributed by atoms with Crippen LogP contribution in [0.15, 0.2) is 11.4 Å². The number of fused-ring (bicyclic) bond motifs is 1. The zero-order chi connectivity index (χ0) is 14.4. The molecule has 1 unspecified atom stereocenters. The number of carbonyl (C=O) groups excluding carboxylic acids is 1. The van der Waals surface area contributed by atoms with Crippen LogP contribution < -0.4 is 5.73 Å². The lowest BCUT2D eigenvalue weighted by Gasteiger charge is -2.35. The Bertz CT molecular complexity index is 430. The molecule has 112 valence electrons. The standard InChI is InChI=1S/C16H26N2OS/c1-2-14-13-9-12-20-15(13)8-11-18(14)16(19)7-5-3-4-6-10-17/h9,12,14H,2-8,10-11,17H2,1H3. The summed E-state index contributed by atoms with van der Waals surface area (Å²) < 4.78 is 0. The average Bonchev–Trinajstić information content (AvgIpc) is 2.94. The quantitative estimate of drug-likeness (QED) is 0.782. The number of hydrogen-bond acceptors (Lipinski definition) is 3. The van der Waals surface area contributed by atoms with E-state index in [-0.39, 0.29) is 0 Å². The van der Waals surface area contributed by atoms with Crippen LogP contribution in [0.1, 0.15) is 61.9 Å². The molecule has 0 radical (unpaired) electrons. The van der Waals surface area contributed by atoms with Crippen LogP contribution in [-0.2, 0) is 11.2 Å². The third kappa shape index (κ3) is 3.61. The van der Waals surface area contributed by atoms with Gasteiger partial charge in [-0.05, 0) is 49.2 Å². The molecule has 0 aromatic carbocycles. The van der Waals surface area contributed by atoms with E-state index in [2.05, 4.69) is 23.3 Å². The lowest BCUT2D eigenvalue weighted by molar-refractivity contribution is -0.134. The lowest BCUT2D eigenvalue weighted by Crippen LogP contribution is -2.39. The molecule has 0 saturated heterocycles. The van der Waals surface area contributed by atoms with Gasteiger partial charge in [0.1, 0.15) is 0 Å². The highest BCUT2D eigenvalue weighted by Gasteiger charge is 2.29. The molecule has 1 atom stereocenters. The van der Waals surface area contributed by atoms with Crippen molar-refractivity contribution in [1.82, 2.24) is 4.90 Å². The van der Waals surface area contributed by atoms with Crippen LogP contribution in [0.25, 0.3) is 0 Å². The molecular formula is C16H26N2OS. The summed E-state index contributed by atoms with van der Waals surface area (Å²) in [6, 6.07) is 2.51. The van der Waals surface area contributed by atoms with E-state index in [0.29, 0.717) is 18.4 Å². The van der Waals surface area contributed by atoms with Crippen molar-refractivity contribution < 1.29 is 4.79 Å². The zero-order valence-electron chi connectivity index (χ0n) is 12.4. The van der Waals surface area contributed by atoms with Crippen LogP contribution in [0, 0.1) is 0 Å². The highest BCUT2D eigenvalue weighted by molar-refractivity contribution is 7.10. The molecule has 0 saturated carbocycles. The zero-order valence-corrected chi connectivity index (χ0v) is 13.3. The van der Waals surface area contributed by atoms with E-state index in [1.165, 1.54) is 10.4 Å². The summed E-state index contributed by atoms with van der Waals surface area (Å²) in [6.07, 6.45) is 7.09. The largest absolute Gasteiger partial charge is 0.335 e. The first kappa shape index (κ1) is 15.5. The number of hydrogen-bond donors (Lipinski definition) is 1. The first-order valence-corrected chi connectivity index (χ1v) is 8.71. The fourth-order valence-corrected chi connectivity index (χ4v) is 3.98. The highest BCUT2D eigenvalue weighted by atomic mass is 32.1. The van der Waals surface area contributed by atoms with Crippen LogP contribution in [0.3, 0.4) is 0 Å². The van der Waals surface area contributed by atoms with Gasteiger partial charge < -0.3 is 10.6 Å². The van der Waals surface area contributed by atoms with Crippen LogP contribution in [0.5, 0.6) is 0 Å². The van der Waals surface area contributed by atoms with Gasteiger partial charge >= 0.3 is 0 Å². The number of rotatable bonds is 7. The number of amides is 1. The molecule has 20 heavy (non-hydrogen) atoms. The first-order chi connectivity index (χ1) is 9.77. The fraction of sp³-hybridized carbons (Fsp3) is 0.688. The minimum Gasteiger partial charge on any atom is -0.335 e. The molecule has 1 amide bonds. The van der Waals surface area contributed by atoms with E-state index in [0.717, 1.165) is 51.6 Å². The Hall–Kier alpha value is -0.870. The second-order valence-electron chi connectivity index (χ2n) is 5.51. The molecule has 1 aliphatic heterocycles. The molecule has 2 N–H and O–H groups in total. The molecule has 1 aromatic heterocycles. The number of nitrogens with zero attached hydrogens (tertiary/aromatic N) is 1. The van der Waals surface area contributed by atoms with Crippen molar-refractivity contribution in [3.8, 4) is 0 Å². The SMILES string of the molecule is CCC1c2ccsc2CCN1C(=O)CCCCCCN. The van der Waals surface area contributed by atoms with Crippen molar-refractivity contribution >= 4 is 17.2 Å². The number of unbranched alkanes of at least 4 members (excludes halogenated alkanes) is 3. The maximum Gasteiger partial charge on any atom is 0.223 e. The Morgan fingerprint density at radius 2 is 2.20 bits per heavy atom. The first-order valence-electron chi connectivity index (χ1n) is 7.83. The van der Waals surface area contributed by atoms with Gasteiger partial charge in [0.25, 0.3) is 0 Å². The van der Waals surface area contributed by atoms with E-state index in [1.807, 2.05) is 11.3 Å². The number of thiophene rings is 1. The van der Waals surface area contributed by atoms with Gasteiger partial charge in [-0.2, -0.15) is 0 Å². The molecule has 0 aliphatic carbocycles. The van der Waals surface area contributed by atoms with Crippen molar-refractivity contribution in [2.75, 3.05) is 13.1 Å². The van der Waals surface area contributed by atoms with E-state index in [9.17, 15) is 4.79 Å². The third-order valence-corrected chi connectivity index (χ3v) is 5.14. The highest BCUT2D eigenvalue weighted by Crippen LogP contribution is 2.35. The molecule has 0 fully saturated rings. The summed E-state index contributed by atoms with van der Waals surface area (Å²) in [5.41, 5.74) is 6.87. The van der Waals surface area contributed by atoms with E-state index in [1.54, 1.807) is 0 Å². The minimum atomic E-state index is 0.307. The van der Waals surface area contributed by atoms with E-state index >= 15 is 0 Å². The van der Waals surface area contributed by atoms with Crippen LogP contribution in [0.4, 0.5) is 0 Å². The Morgan fingerprint density at radius 1 is 1.40 bits per heavy atom. The summed E-state index contributed by atoms with van der Waals surface area (Å²) in [7, 11) is 0. The van der Waals surface area contributed by atoms with Crippen molar-refractivity contribution in [3.05, 3.63) is 21.9 Å². The van der Waals surface area contributed by atoms with Gasteiger partial charge in [0.05, 0.1) is 6.04 Å². The van der Waals surface area contributed by atoms with Gasteiger partial charge in [-0.1, -0.05) is 19.8 Å². The average molecular weight is 294 g/mol. The van der Waals surface area contributed by atoms with Gasteiger partial charge in [0, 0.05) is 17.8 Å². The normalized spacial score (nSPS) is 18.1. The van der Waals surface area contributed by atoms with Gasteiger partial charge in [-0.15, -0.1) is 11.3 Å². The summed E-state index contributed by atoms with van der Waals surface area (Å²) in [5, 5.41) is 2.16. The van der Waals surface area contributed by atoms with Gasteiger partial charge in [0.2, 0.25) is 5.91 Å². The second kappa shape index (κ2) is 7.79. The molecule has 4 heteroatoms. The van der Waals surface area contributed by atoms with Crippen LogP contribution in [-0.4, -0.2) is 23.9 Å². The van der Waals surface area contributed by atoms with Crippen molar-refractivity contribution in [2.45, 2.75) is 57.9 Å². The summed E-state index contributed by atoms with van der Waals surface area (Å²) in [4.78, 5) is 16.0. The number of nitrogens with two attached hydrogens (primary N) is 1. The Kier molecular flexibility index (Phi) is 6.05. The second-order valence-corrected chi connectivity index (χ2v) is 6.51. The molecule has 0 bridgehead atoms. The third-order valence-electron chi connectivity index (χ3n) is 4.15. The molecule has 1 aliphatic rings. The molecule has 1 aromatic rings. The summed E-state index contributed by atoms with van der Waals surface area (Å²) >= 11 is 1.84. The fourth-order valence-electron chi connectivity index (χ4n) is 3.05. The molecule has 2 heterocycles. The maximum atomic E-state index is 12.4. The Morgan fingerprint density at radius 3 is 2.95 bits per heavy atom. The molecule has 2 rings (SSSR count). The summed E-state index contributed by atoms with van der Waals surface area (Å²) in [6.45, 7) is 3.84. The predicted molar refractivity (Wildman–Crippen MR) is 84.9 cm³/mol. The van der Waals surface area contributed by atoms with E-state index < -0.39 is 0 Å². The predicted octanol–water partition coefficient (Wildman–Crippen LogP) is 3.49. The maximum absolute atomic E-state index is 12.4. The monoisotopic (exact) mass is 294 g/mol. The topological polar surface area (TPSA) is 46.3 Å². The number of carbonyl (C=O) groups is 1. The van der Waals surface area contributed by atoms with Gasteiger partial charge in [-0.3, -0.25) is 4.79 Å². The smallest absolute Gasteiger partial charge is 0.223 e. The summed E-state index contributed by atoms with van der Waals surface area (Å²) in [5.74, 6) is 0.335. The van der Waals surface area contributed by atoms with Crippen molar-refractivity contribution in [1.29, 1.82) is 0 Å². The van der Waals surface area contributed by atoms with Gasteiger partial charge in [-0.25, -0.2) is 0 Å². The van der Waals surface area contributed by atoms with Crippen LogP contribution >= 0.6 is 11.3 Å². The van der Waals surface area contributed by atoms with E-state index in [4.69, 9.17) is 5.73 Å². The van der Waals surface area contributed by atoms with Crippen molar-refractivity contribution in [3.63, 3.8) is 0 Å². The minimum absolute atomic E-state index is 0.307. The van der Waals surface area contributed by atoms with Crippen molar-refractivity contribution in [2.24, 2.45) is 5.73 Å². The van der Waals surface area contributed by atoms with Gasteiger partial charge in [0.15, 0.2) is 0 Å². The Labute approximate surface area is 126 Å². The molecular weight excluding hydrogens is 268 g/mol. The van der Waals surface area contributed by atoms with Crippen LogP contribution in [0.2, 0.25) is 0 Å². The molecule has 0 spiro atoms. The molecule has 3 nitrogen and oxygen atoms in total. The Balaban J connectivity index is 1.87.